The van der Waals surface area contributed by atoms with E-state index in [2.05, 4.69) is 10.6 Å². The number of anilines is 2. The molecule has 0 radical (unpaired) electrons. The number of hydrogen-bond acceptors (Lipinski definition) is 4. The molecule has 7 heteroatoms. The fraction of sp³-hybridized carbons (Fsp3) is 0.276. The Hall–Kier alpha value is -3.97. The molecule has 0 saturated heterocycles. The highest BCUT2D eigenvalue weighted by Gasteiger charge is 2.34. The normalized spacial score (nSPS) is 15.5. The van der Waals surface area contributed by atoms with E-state index in [1.165, 1.54) is 0 Å². The molecule has 186 valence electrons. The molecule has 1 aliphatic heterocycles. The second-order valence-corrected chi connectivity index (χ2v) is 10.0. The highest BCUT2D eigenvalue weighted by atomic mass is 16.2. The molecule has 4 N–H and O–H groups in total. The number of carbonyl (C=O) groups excluding carboxylic acids is 3. The van der Waals surface area contributed by atoms with Gasteiger partial charge in [-0.25, -0.2) is 0 Å². The summed E-state index contributed by atoms with van der Waals surface area (Å²) in [4.78, 5) is 41.4. The first-order valence-electron chi connectivity index (χ1n) is 12.1. The summed E-state index contributed by atoms with van der Waals surface area (Å²) in [5.41, 5.74) is 9.36. The van der Waals surface area contributed by atoms with Crippen LogP contribution in [0.5, 0.6) is 0 Å². The molecule has 0 saturated carbocycles. The minimum absolute atomic E-state index is 0.0858. The van der Waals surface area contributed by atoms with Gasteiger partial charge in [0.15, 0.2) is 0 Å². The first kappa shape index (κ1) is 25.1. The van der Waals surface area contributed by atoms with Crippen molar-refractivity contribution in [1.29, 1.82) is 0 Å². The van der Waals surface area contributed by atoms with Gasteiger partial charge in [0, 0.05) is 17.7 Å². The number of nitrogens with two attached hydrogens (primary N) is 1. The van der Waals surface area contributed by atoms with E-state index in [1.807, 2.05) is 63.2 Å². The van der Waals surface area contributed by atoms with Crippen molar-refractivity contribution in [1.82, 2.24) is 5.32 Å². The Balaban J connectivity index is 1.76. The van der Waals surface area contributed by atoms with Gasteiger partial charge >= 0.3 is 0 Å². The number of aryl methyl sites for hydroxylation is 1. The zero-order chi connectivity index (χ0) is 25.9. The molecule has 3 aromatic carbocycles. The number of amides is 3. The number of nitrogens with zero attached hydrogens (tertiary/aromatic N) is 1. The van der Waals surface area contributed by atoms with Crippen LogP contribution in [0.4, 0.5) is 11.4 Å². The van der Waals surface area contributed by atoms with Crippen molar-refractivity contribution in [3.05, 3.63) is 95.1 Å². The highest BCUT2D eigenvalue weighted by Crippen LogP contribution is 2.39. The maximum atomic E-state index is 13.8. The third kappa shape index (κ3) is 5.47. The van der Waals surface area contributed by atoms with Crippen LogP contribution in [0.3, 0.4) is 0 Å². The Labute approximate surface area is 211 Å². The lowest BCUT2D eigenvalue weighted by Crippen LogP contribution is -2.38. The number of benzene rings is 3. The van der Waals surface area contributed by atoms with Crippen LogP contribution in [0.15, 0.2) is 72.8 Å². The SMILES string of the molecule is Cc1ccc(C2CC(=O)Nc3cc(C(=O)NCC(C)(C)CN)ccc3N2C(=O)c2ccccc2)cc1. The summed E-state index contributed by atoms with van der Waals surface area (Å²) in [5, 5.41) is 5.83. The minimum Gasteiger partial charge on any atom is -0.351 e. The van der Waals surface area contributed by atoms with Crippen molar-refractivity contribution in [3.8, 4) is 0 Å². The molecule has 1 heterocycles. The summed E-state index contributed by atoms with van der Waals surface area (Å²) in [7, 11) is 0. The quantitative estimate of drug-likeness (QED) is 0.481. The fourth-order valence-corrected chi connectivity index (χ4v) is 4.14. The molecule has 1 atom stereocenters. The van der Waals surface area contributed by atoms with Crippen molar-refractivity contribution in [3.63, 3.8) is 0 Å². The van der Waals surface area contributed by atoms with Gasteiger partial charge in [-0.1, -0.05) is 61.9 Å². The fourth-order valence-electron chi connectivity index (χ4n) is 4.14. The van der Waals surface area contributed by atoms with Crippen molar-refractivity contribution in [2.24, 2.45) is 11.1 Å². The van der Waals surface area contributed by atoms with Crippen LogP contribution in [0.25, 0.3) is 0 Å². The van der Waals surface area contributed by atoms with Gasteiger partial charge in [0.25, 0.3) is 11.8 Å². The summed E-state index contributed by atoms with van der Waals surface area (Å²) >= 11 is 0. The second-order valence-electron chi connectivity index (χ2n) is 10.0. The van der Waals surface area contributed by atoms with E-state index in [9.17, 15) is 14.4 Å². The van der Waals surface area contributed by atoms with E-state index in [0.29, 0.717) is 35.6 Å². The largest absolute Gasteiger partial charge is 0.351 e. The third-order valence-electron chi connectivity index (χ3n) is 6.46. The summed E-state index contributed by atoms with van der Waals surface area (Å²) in [6.45, 7) is 6.79. The van der Waals surface area contributed by atoms with Crippen molar-refractivity contribution >= 4 is 29.1 Å². The monoisotopic (exact) mass is 484 g/mol. The molecular weight excluding hydrogens is 452 g/mol. The standard InChI is InChI=1S/C29H32N4O3/c1-19-9-11-20(12-10-19)25-16-26(34)32-23-15-22(27(35)31-18-29(2,3)17-30)13-14-24(23)33(25)28(36)21-7-5-4-6-8-21/h4-15,25H,16-18,30H2,1-3H3,(H,31,35)(H,32,34). The summed E-state index contributed by atoms with van der Waals surface area (Å²) < 4.78 is 0. The topological polar surface area (TPSA) is 105 Å². The molecule has 4 rings (SSSR count). The summed E-state index contributed by atoms with van der Waals surface area (Å²) in [5.74, 6) is -0.721. The van der Waals surface area contributed by atoms with E-state index >= 15 is 0 Å². The Morgan fingerprint density at radius 1 is 1.03 bits per heavy atom. The maximum Gasteiger partial charge on any atom is 0.258 e. The van der Waals surface area contributed by atoms with E-state index in [4.69, 9.17) is 5.73 Å². The van der Waals surface area contributed by atoms with Crippen molar-refractivity contribution in [2.75, 3.05) is 23.3 Å². The third-order valence-corrected chi connectivity index (χ3v) is 6.46. The van der Waals surface area contributed by atoms with Gasteiger partial charge in [0.2, 0.25) is 5.91 Å². The first-order valence-corrected chi connectivity index (χ1v) is 12.1. The van der Waals surface area contributed by atoms with Gasteiger partial charge < -0.3 is 16.4 Å². The van der Waals surface area contributed by atoms with E-state index in [1.54, 1.807) is 35.2 Å². The summed E-state index contributed by atoms with van der Waals surface area (Å²) in [6, 6.07) is 21.4. The number of hydrogen-bond donors (Lipinski definition) is 3. The average molecular weight is 485 g/mol. The lowest BCUT2D eigenvalue weighted by atomic mass is 9.94. The predicted molar refractivity (Wildman–Crippen MR) is 142 cm³/mol. The zero-order valence-corrected chi connectivity index (χ0v) is 20.9. The van der Waals surface area contributed by atoms with Gasteiger partial charge in [0.05, 0.1) is 23.8 Å². The molecule has 36 heavy (non-hydrogen) atoms. The van der Waals surface area contributed by atoms with Crippen LogP contribution in [0, 0.1) is 12.3 Å². The second kappa shape index (κ2) is 10.3. The molecule has 1 aliphatic rings. The lowest BCUT2D eigenvalue weighted by Gasteiger charge is -2.31. The highest BCUT2D eigenvalue weighted by molar-refractivity contribution is 6.12. The smallest absolute Gasteiger partial charge is 0.258 e. The lowest BCUT2D eigenvalue weighted by molar-refractivity contribution is -0.116. The summed E-state index contributed by atoms with van der Waals surface area (Å²) in [6.07, 6.45) is 0.0858. The molecule has 0 aromatic heterocycles. The number of fused-ring (bicyclic) bond motifs is 1. The van der Waals surface area contributed by atoms with Crippen LogP contribution < -0.4 is 21.3 Å². The average Bonchev–Trinajstić information content (AvgIpc) is 3.03. The number of nitrogens with one attached hydrogen (secondary N) is 2. The van der Waals surface area contributed by atoms with Gasteiger partial charge in [0.1, 0.15) is 0 Å². The number of rotatable bonds is 6. The first-order chi connectivity index (χ1) is 17.2. The van der Waals surface area contributed by atoms with E-state index in [-0.39, 0.29) is 29.6 Å². The van der Waals surface area contributed by atoms with Crippen molar-refractivity contribution < 1.29 is 14.4 Å². The Bertz CT molecular complexity index is 1270. The Kier molecular flexibility index (Phi) is 7.22. The minimum atomic E-state index is -0.510. The van der Waals surface area contributed by atoms with Crippen LogP contribution in [0.1, 0.15) is 58.2 Å². The van der Waals surface area contributed by atoms with Crippen molar-refractivity contribution in [2.45, 2.75) is 33.2 Å². The molecule has 3 aromatic rings. The molecule has 0 fully saturated rings. The van der Waals surface area contributed by atoms with Gasteiger partial charge in [-0.2, -0.15) is 0 Å². The van der Waals surface area contributed by atoms with E-state index < -0.39 is 6.04 Å². The Morgan fingerprint density at radius 2 is 1.72 bits per heavy atom. The molecule has 0 spiro atoms. The zero-order valence-electron chi connectivity index (χ0n) is 20.9. The molecular formula is C29H32N4O3. The number of carbonyl (C=O) groups is 3. The van der Waals surface area contributed by atoms with Crippen LogP contribution in [-0.4, -0.2) is 30.8 Å². The van der Waals surface area contributed by atoms with Gasteiger partial charge in [-0.05, 0) is 54.8 Å². The maximum absolute atomic E-state index is 13.8. The predicted octanol–water partition coefficient (Wildman–Crippen LogP) is 4.44. The molecule has 0 aliphatic carbocycles. The Morgan fingerprint density at radius 3 is 2.39 bits per heavy atom. The van der Waals surface area contributed by atoms with E-state index in [0.717, 1.165) is 11.1 Å². The van der Waals surface area contributed by atoms with Gasteiger partial charge in [-0.15, -0.1) is 0 Å². The van der Waals surface area contributed by atoms with Crippen LogP contribution in [-0.2, 0) is 4.79 Å². The molecule has 3 amide bonds. The van der Waals surface area contributed by atoms with Crippen LogP contribution in [0.2, 0.25) is 0 Å². The van der Waals surface area contributed by atoms with Crippen LogP contribution >= 0.6 is 0 Å². The molecule has 0 bridgehead atoms. The molecule has 7 nitrogen and oxygen atoms in total. The molecule has 1 unspecified atom stereocenters. The van der Waals surface area contributed by atoms with Gasteiger partial charge in [-0.3, -0.25) is 19.3 Å².